The van der Waals surface area contributed by atoms with Gasteiger partial charge >= 0.3 is 0 Å². The van der Waals surface area contributed by atoms with Gasteiger partial charge in [-0.25, -0.2) is 0 Å². The summed E-state index contributed by atoms with van der Waals surface area (Å²) >= 11 is 6.24. The van der Waals surface area contributed by atoms with Gasteiger partial charge in [0.05, 0.1) is 10.7 Å². The summed E-state index contributed by atoms with van der Waals surface area (Å²) in [4.78, 5) is 26.9. The van der Waals surface area contributed by atoms with E-state index in [2.05, 4.69) is 5.32 Å². The highest BCUT2D eigenvalue weighted by molar-refractivity contribution is 6.34. The van der Waals surface area contributed by atoms with E-state index >= 15 is 0 Å². The van der Waals surface area contributed by atoms with Gasteiger partial charge in [-0.3, -0.25) is 9.59 Å². The number of hydrogen-bond donors (Lipinski definition) is 1. The summed E-state index contributed by atoms with van der Waals surface area (Å²) in [7, 11) is 0. The Hall–Kier alpha value is -1.55. The molecule has 120 valence electrons. The van der Waals surface area contributed by atoms with Crippen LogP contribution < -0.4 is 5.32 Å². The molecule has 0 aromatic heterocycles. The molecule has 2 rings (SSSR count). The number of carbonyl (C=O) groups excluding carboxylic acids is 2. The zero-order valence-corrected chi connectivity index (χ0v) is 14.4. The van der Waals surface area contributed by atoms with E-state index in [1.54, 1.807) is 4.90 Å². The van der Waals surface area contributed by atoms with Crippen LogP contribution in [0.3, 0.4) is 0 Å². The summed E-state index contributed by atoms with van der Waals surface area (Å²) < 4.78 is 0. The average Bonchev–Trinajstić information content (AvgIpc) is 3.25. The quantitative estimate of drug-likeness (QED) is 0.843. The molecule has 1 fully saturated rings. The normalized spacial score (nSPS) is 15.3. The largest absolute Gasteiger partial charge is 0.342 e. The predicted molar refractivity (Wildman–Crippen MR) is 89.2 cm³/mol. The van der Waals surface area contributed by atoms with E-state index in [1.807, 2.05) is 39.8 Å². The molecule has 1 N–H and O–H groups in total. The summed E-state index contributed by atoms with van der Waals surface area (Å²) in [5.41, 5.74) is 1.66. The Morgan fingerprint density at radius 3 is 2.27 bits per heavy atom. The van der Waals surface area contributed by atoms with E-state index in [-0.39, 0.29) is 11.8 Å². The molecule has 0 heterocycles. The third kappa shape index (κ3) is 2.98. The first kappa shape index (κ1) is 16.8. The van der Waals surface area contributed by atoms with Gasteiger partial charge in [0.2, 0.25) is 11.8 Å². The van der Waals surface area contributed by atoms with Gasteiger partial charge in [0.25, 0.3) is 0 Å². The zero-order chi connectivity index (χ0) is 16.5. The number of halogens is 1. The van der Waals surface area contributed by atoms with Crippen molar-refractivity contribution in [3.8, 4) is 0 Å². The van der Waals surface area contributed by atoms with E-state index in [0.717, 1.165) is 11.1 Å². The van der Waals surface area contributed by atoms with Gasteiger partial charge in [-0.15, -0.1) is 0 Å². The van der Waals surface area contributed by atoms with Crippen LogP contribution in [-0.4, -0.2) is 29.8 Å². The Labute approximate surface area is 136 Å². The molecule has 0 atom stereocenters. The van der Waals surface area contributed by atoms with Gasteiger partial charge in [0.1, 0.15) is 5.41 Å². The minimum Gasteiger partial charge on any atom is -0.342 e. The van der Waals surface area contributed by atoms with Crippen molar-refractivity contribution >= 4 is 29.1 Å². The van der Waals surface area contributed by atoms with E-state index in [9.17, 15) is 9.59 Å². The lowest BCUT2D eigenvalue weighted by atomic mass is 10.0. The molecule has 22 heavy (non-hydrogen) atoms. The van der Waals surface area contributed by atoms with Crippen molar-refractivity contribution in [1.82, 2.24) is 4.90 Å². The Morgan fingerprint density at radius 1 is 1.23 bits per heavy atom. The monoisotopic (exact) mass is 322 g/mol. The molecule has 1 aliphatic rings. The standard InChI is InChI=1S/C17H23ClN2O2/c1-5-20(6-2)16(22)17(7-8-17)15(21)19-14-12(4)9-11(3)10-13(14)18/h9-10H,5-8H2,1-4H3,(H,19,21). The second-order valence-electron chi connectivity index (χ2n) is 5.95. The van der Waals surface area contributed by atoms with Crippen LogP contribution in [0.5, 0.6) is 0 Å². The molecular weight excluding hydrogens is 300 g/mol. The molecule has 1 aromatic carbocycles. The molecule has 5 heteroatoms. The van der Waals surface area contributed by atoms with Crippen LogP contribution in [0.15, 0.2) is 12.1 Å². The molecule has 0 bridgehead atoms. The van der Waals surface area contributed by atoms with Gasteiger partial charge < -0.3 is 10.2 Å². The molecule has 1 saturated carbocycles. The molecular formula is C17H23ClN2O2. The van der Waals surface area contributed by atoms with Crippen molar-refractivity contribution in [2.24, 2.45) is 5.41 Å². The predicted octanol–water partition coefficient (Wildman–Crippen LogP) is 3.54. The Morgan fingerprint density at radius 2 is 1.82 bits per heavy atom. The number of benzene rings is 1. The van der Waals surface area contributed by atoms with Gasteiger partial charge in [0.15, 0.2) is 0 Å². The topological polar surface area (TPSA) is 49.4 Å². The molecule has 0 radical (unpaired) electrons. The van der Waals surface area contributed by atoms with Crippen LogP contribution in [0.2, 0.25) is 5.02 Å². The van der Waals surface area contributed by atoms with E-state index < -0.39 is 5.41 Å². The third-order valence-corrected chi connectivity index (χ3v) is 4.61. The molecule has 4 nitrogen and oxygen atoms in total. The second-order valence-corrected chi connectivity index (χ2v) is 6.36. The van der Waals surface area contributed by atoms with Crippen LogP contribution in [0.4, 0.5) is 5.69 Å². The summed E-state index contributed by atoms with van der Waals surface area (Å²) in [6, 6.07) is 3.78. The van der Waals surface area contributed by atoms with Gasteiger partial charge in [0, 0.05) is 13.1 Å². The van der Waals surface area contributed by atoms with Crippen LogP contribution in [0.1, 0.15) is 37.8 Å². The maximum absolute atomic E-state index is 12.6. The van der Waals surface area contributed by atoms with Crippen LogP contribution in [0, 0.1) is 19.3 Å². The highest BCUT2D eigenvalue weighted by atomic mass is 35.5. The minimum absolute atomic E-state index is 0.0733. The molecule has 1 aromatic rings. The Kier molecular flexibility index (Phi) is 4.81. The maximum Gasteiger partial charge on any atom is 0.240 e. The van der Waals surface area contributed by atoms with Crippen LogP contribution in [-0.2, 0) is 9.59 Å². The number of hydrogen-bond acceptors (Lipinski definition) is 2. The number of carbonyl (C=O) groups is 2. The fourth-order valence-corrected chi connectivity index (χ4v) is 3.15. The van der Waals surface area contributed by atoms with Crippen LogP contribution >= 0.6 is 11.6 Å². The van der Waals surface area contributed by atoms with Gasteiger partial charge in [-0.1, -0.05) is 17.7 Å². The Balaban J connectivity index is 2.21. The molecule has 2 amide bonds. The fourth-order valence-electron chi connectivity index (χ4n) is 2.78. The zero-order valence-electron chi connectivity index (χ0n) is 13.6. The van der Waals surface area contributed by atoms with Crippen molar-refractivity contribution in [2.45, 2.75) is 40.5 Å². The fraction of sp³-hybridized carbons (Fsp3) is 0.529. The minimum atomic E-state index is -0.896. The molecule has 1 aliphatic carbocycles. The van der Waals surface area contributed by atoms with E-state index in [1.165, 1.54) is 0 Å². The smallest absolute Gasteiger partial charge is 0.240 e. The van der Waals surface area contributed by atoms with E-state index in [0.29, 0.717) is 36.6 Å². The first-order valence-electron chi connectivity index (χ1n) is 7.73. The lowest BCUT2D eigenvalue weighted by Crippen LogP contribution is -2.42. The lowest BCUT2D eigenvalue weighted by molar-refractivity contribution is -0.141. The van der Waals surface area contributed by atoms with Crippen molar-refractivity contribution in [3.63, 3.8) is 0 Å². The number of rotatable bonds is 5. The van der Waals surface area contributed by atoms with Gasteiger partial charge in [-0.2, -0.15) is 0 Å². The first-order valence-corrected chi connectivity index (χ1v) is 8.11. The van der Waals surface area contributed by atoms with Crippen molar-refractivity contribution in [3.05, 3.63) is 28.3 Å². The molecule has 0 aliphatic heterocycles. The molecule has 0 spiro atoms. The first-order chi connectivity index (χ1) is 10.4. The lowest BCUT2D eigenvalue weighted by Gasteiger charge is -2.24. The third-order valence-electron chi connectivity index (χ3n) is 4.31. The van der Waals surface area contributed by atoms with Crippen molar-refractivity contribution in [2.75, 3.05) is 18.4 Å². The summed E-state index contributed by atoms with van der Waals surface area (Å²) in [5.74, 6) is -0.311. The summed E-state index contributed by atoms with van der Waals surface area (Å²) in [5, 5.41) is 3.39. The number of anilines is 1. The summed E-state index contributed by atoms with van der Waals surface area (Å²) in [6.45, 7) is 8.95. The van der Waals surface area contributed by atoms with E-state index in [4.69, 9.17) is 11.6 Å². The number of aryl methyl sites for hydroxylation is 2. The molecule has 0 unspecified atom stereocenters. The van der Waals surface area contributed by atoms with Crippen molar-refractivity contribution in [1.29, 1.82) is 0 Å². The Bertz CT molecular complexity index is 582. The SMILES string of the molecule is CCN(CC)C(=O)C1(C(=O)Nc2c(C)cc(C)cc2Cl)CC1. The van der Waals surface area contributed by atoms with Gasteiger partial charge in [-0.05, 0) is 57.7 Å². The van der Waals surface area contributed by atoms with Crippen LogP contribution in [0.25, 0.3) is 0 Å². The second kappa shape index (κ2) is 6.29. The molecule has 0 saturated heterocycles. The average molecular weight is 323 g/mol. The highest BCUT2D eigenvalue weighted by Crippen LogP contribution is 2.48. The number of nitrogens with zero attached hydrogens (tertiary/aromatic N) is 1. The van der Waals surface area contributed by atoms with Crippen molar-refractivity contribution < 1.29 is 9.59 Å². The highest BCUT2D eigenvalue weighted by Gasteiger charge is 2.57. The number of nitrogens with one attached hydrogen (secondary N) is 1. The summed E-state index contributed by atoms with van der Waals surface area (Å²) in [6.07, 6.45) is 1.22. The maximum atomic E-state index is 12.6. The number of amides is 2.